The van der Waals surface area contributed by atoms with Crippen molar-refractivity contribution in [3.8, 4) is 11.5 Å². The lowest BCUT2D eigenvalue weighted by Crippen LogP contribution is -2.30. The molecule has 0 saturated heterocycles. The van der Waals surface area contributed by atoms with Crippen LogP contribution in [-0.4, -0.2) is 24.9 Å². The van der Waals surface area contributed by atoms with Gasteiger partial charge in [-0.05, 0) is 50.2 Å². The number of carbonyl (C=O) groups excluding carboxylic acids is 2. The van der Waals surface area contributed by atoms with Crippen molar-refractivity contribution in [2.45, 2.75) is 20.0 Å². The van der Waals surface area contributed by atoms with Crippen molar-refractivity contribution < 1.29 is 23.5 Å². The molecule has 0 aliphatic carbocycles. The number of anilines is 1. The van der Waals surface area contributed by atoms with E-state index in [2.05, 4.69) is 21.2 Å². The van der Waals surface area contributed by atoms with E-state index in [0.29, 0.717) is 21.5 Å². The molecule has 5 nitrogen and oxygen atoms in total. The van der Waals surface area contributed by atoms with Gasteiger partial charge in [-0.1, -0.05) is 15.9 Å². The summed E-state index contributed by atoms with van der Waals surface area (Å²) in [6.07, 6.45) is -0.903. The summed E-state index contributed by atoms with van der Waals surface area (Å²) in [7, 11) is 1.44. The van der Waals surface area contributed by atoms with Crippen LogP contribution in [0.2, 0.25) is 0 Å². The van der Waals surface area contributed by atoms with Gasteiger partial charge in [0.15, 0.2) is 23.4 Å². The van der Waals surface area contributed by atoms with Gasteiger partial charge in [-0.3, -0.25) is 9.59 Å². The Kier molecular flexibility index (Phi) is 6.14. The largest absolute Gasteiger partial charge is 0.493 e. The SMILES string of the molecule is COc1cc(C(C)=O)ccc1O[C@H](C)C(=O)Nc1ccc(Br)cc1F. The summed E-state index contributed by atoms with van der Waals surface area (Å²) in [4.78, 5) is 23.6. The molecule has 0 fully saturated rings. The van der Waals surface area contributed by atoms with Gasteiger partial charge in [0.25, 0.3) is 5.91 Å². The van der Waals surface area contributed by atoms with Crippen LogP contribution in [0.5, 0.6) is 11.5 Å². The number of halogens is 2. The first-order chi connectivity index (χ1) is 11.8. The third kappa shape index (κ3) is 4.79. The maximum absolute atomic E-state index is 13.8. The number of ether oxygens (including phenoxy) is 2. The van der Waals surface area contributed by atoms with Crippen molar-refractivity contribution in [2.75, 3.05) is 12.4 Å². The number of nitrogens with one attached hydrogen (secondary N) is 1. The molecule has 1 atom stereocenters. The maximum Gasteiger partial charge on any atom is 0.265 e. The summed E-state index contributed by atoms with van der Waals surface area (Å²) < 4.78 is 25.2. The molecule has 2 rings (SSSR count). The van der Waals surface area contributed by atoms with Crippen LogP contribution >= 0.6 is 15.9 Å². The highest BCUT2D eigenvalue weighted by molar-refractivity contribution is 9.10. The van der Waals surface area contributed by atoms with Gasteiger partial charge < -0.3 is 14.8 Å². The Bertz CT molecular complexity index is 810. The second-order valence-electron chi connectivity index (χ2n) is 5.30. The number of methoxy groups -OCH3 is 1. The highest BCUT2D eigenvalue weighted by Gasteiger charge is 2.19. The van der Waals surface area contributed by atoms with Crippen LogP contribution in [0.3, 0.4) is 0 Å². The second-order valence-corrected chi connectivity index (χ2v) is 6.21. The van der Waals surface area contributed by atoms with Crippen LogP contribution in [0.25, 0.3) is 0 Å². The number of carbonyl (C=O) groups is 2. The molecule has 1 amide bonds. The molecule has 0 radical (unpaired) electrons. The molecule has 0 aliphatic rings. The van der Waals surface area contributed by atoms with Crippen LogP contribution in [0.4, 0.5) is 10.1 Å². The predicted octanol–water partition coefficient (Wildman–Crippen LogP) is 4.21. The lowest BCUT2D eigenvalue weighted by molar-refractivity contribution is -0.122. The van der Waals surface area contributed by atoms with Gasteiger partial charge in [0, 0.05) is 10.0 Å². The summed E-state index contributed by atoms with van der Waals surface area (Å²) in [6.45, 7) is 2.97. The number of ketones is 1. The smallest absolute Gasteiger partial charge is 0.265 e. The van der Waals surface area contributed by atoms with Crippen LogP contribution in [0, 0.1) is 5.82 Å². The molecule has 25 heavy (non-hydrogen) atoms. The van der Waals surface area contributed by atoms with Crippen LogP contribution < -0.4 is 14.8 Å². The van der Waals surface area contributed by atoms with Crippen molar-refractivity contribution in [1.29, 1.82) is 0 Å². The molecule has 2 aromatic carbocycles. The Labute approximate surface area is 153 Å². The third-order valence-corrected chi connectivity index (χ3v) is 3.93. The average Bonchev–Trinajstić information content (AvgIpc) is 2.57. The van der Waals surface area contributed by atoms with E-state index in [1.165, 1.54) is 39.2 Å². The van der Waals surface area contributed by atoms with Gasteiger partial charge in [-0.15, -0.1) is 0 Å². The molecule has 0 aliphatic heterocycles. The summed E-state index contributed by atoms with van der Waals surface area (Å²) in [5.74, 6) is -0.535. The molecule has 0 heterocycles. The van der Waals surface area contributed by atoms with Crippen LogP contribution in [0.15, 0.2) is 40.9 Å². The fraction of sp³-hybridized carbons (Fsp3) is 0.222. The molecule has 132 valence electrons. The van der Waals surface area contributed by atoms with Crippen molar-refractivity contribution in [3.05, 3.63) is 52.3 Å². The monoisotopic (exact) mass is 409 g/mol. The summed E-state index contributed by atoms with van der Waals surface area (Å²) >= 11 is 3.15. The minimum absolute atomic E-state index is 0.0579. The highest BCUT2D eigenvalue weighted by atomic mass is 79.9. The normalized spacial score (nSPS) is 11.6. The van der Waals surface area contributed by atoms with Gasteiger partial charge in [0.05, 0.1) is 12.8 Å². The fourth-order valence-electron chi connectivity index (χ4n) is 2.05. The topological polar surface area (TPSA) is 64.6 Å². The van der Waals surface area contributed by atoms with Crippen molar-refractivity contribution in [1.82, 2.24) is 0 Å². The first-order valence-electron chi connectivity index (χ1n) is 7.43. The number of benzene rings is 2. The summed E-state index contributed by atoms with van der Waals surface area (Å²) in [6, 6.07) is 9.00. The Morgan fingerprint density at radius 1 is 1.16 bits per heavy atom. The summed E-state index contributed by atoms with van der Waals surface area (Å²) in [5, 5.41) is 2.47. The second kappa shape index (κ2) is 8.11. The van der Waals surface area contributed by atoms with Crippen LogP contribution in [-0.2, 0) is 4.79 Å². The molecule has 0 saturated carbocycles. The Balaban J connectivity index is 2.11. The van der Waals surface area contributed by atoms with Crippen molar-refractivity contribution >= 4 is 33.3 Å². The molecule has 0 unspecified atom stereocenters. The lowest BCUT2D eigenvalue weighted by atomic mass is 10.1. The van der Waals surface area contributed by atoms with Gasteiger partial charge in [-0.2, -0.15) is 0 Å². The number of hydrogen-bond donors (Lipinski definition) is 1. The van der Waals surface area contributed by atoms with E-state index in [0.717, 1.165) is 0 Å². The van der Waals surface area contributed by atoms with Gasteiger partial charge in [0.2, 0.25) is 0 Å². The van der Waals surface area contributed by atoms with Crippen LogP contribution in [0.1, 0.15) is 24.2 Å². The van der Waals surface area contributed by atoms with Gasteiger partial charge in [-0.25, -0.2) is 4.39 Å². The number of hydrogen-bond acceptors (Lipinski definition) is 4. The molecule has 0 aromatic heterocycles. The zero-order valence-electron chi connectivity index (χ0n) is 13.9. The average molecular weight is 410 g/mol. The maximum atomic E-state index is 13.8. The van der Waals surface area contributed by atoms with E-state index in [9.17, 15) is 14.0 Å². The first-order valence-corrected chi connectivity index (χ1v) is 8.22. The molecule has 0 spiro atoms. The Hall–Kier alpha value is -2.41. The molecular weight excluding hydrogens is 393 g/mol. The quantitative estimate of drug-likeness (QED) is 0.725. The third-order valence-electron chi connectivity index (χ3n) is 3.43. The van der Waals surface area contributed by atoms with E-state index in [4.69, 9.17) is 9.47 Å². The molecule has 1 N–H and O–H groups in total. The minimum Gasteiger partial charge on any atom is -0.493 e. The molecule has 7 heteroatoms. The molecule has 2 aromatic rings. The summed E-state index contributed by atoms with van der Waals surface area (Å²) in [5.41, 5.74) is 0.529. The van der Waals surface area contributed by atoms with E-state index < -0.39 is 17.8 Å². The lowest BCUT2D eigenvalue weighted by Gasteiger charge is -2.17. The van der Waals surface area contributed by atoms with Gasteiger partial charge >= 0.3 is 0 Å². The van der Waals surface area contributed by atoms with E-state index in [-0.39, 0.29) is 11.5 Å². The van der Waals surface area contributed by atoms with E-state index in [1.54, 1.807) is 18.2 Å². The predicted molar refractivity (Wildman–Crippen MR) is 95.8 cm³/mol. The van der Waals surface area contributed by atoms with E-state index in [1.807, 2.05) is 0 Å². The molecular formula is C18H17BrFNO4. The number of rotatable bonds is 6. The highest BCUT2D eigenvalue weighted by Crippen LogP contribution is 2.29. The van der Waals surface area contributed by atoms with E-state index >= 15 is 0 Å². The van der Waals surface area contributed by atoms with Gasteiger partial charge in [0.1, 0.15) is 5.82 Å². The minimum atomic E-state index is -0.903. The standard InChI is InChI=1S/C18H17BrFNO4/c1-10(22)12-4-7-16(17(8-12)24-3)25-11(2)18(23)21-15-6-5-13(19)9-14(15)20/h4-9,11H,1-3H3,(H,21,23)/t11-/m1/s1. The van der Waals surface area contributed by atoms with Crippen molar-refractivity contribution in [2.24, 2.45) is 0 Å². The Morgan fingerprint density at radius 2 is 1.88 bits per heavy atom. The zero-order chi connectivity index (χ0) is 18.6. The van der Waals surface area contributed by atoms with Crippen molar-refractivity contribution in [3.63, 3.8) is 0 Å². The fourth-order valence-corrected chi connectivity index (χ4v) is 2.39. The number of amides is 1. The zero-order valence-corrected chi connectivity index (χ0v) is 15.5. The Morgan fingerprint density at radius 3 is 2.48 bits per heavy atom. The number of Topliss-reactive ketones (excluding diaryl/α,β-unsaturated/α-hetero) is 1. The molecule has 0 bridgehead atoms. The first kappa shape index (κ1) is 18.9.